The van der Waals surface area contributed by atoms with Gasteiger partial charge in [0, 0.05) is 0 Å². The topological polar surface area (TPSA) is 0 Å². The Labute approximate surface area is 92.7 Å². The van der Waals surface area contributed by atoms with Crippen molar-refractivity contribution in [3.05, 3.63) is 41.8 Å². The van der Waals surface area contributed by atoms with E-state index in [2.05, 4.69) is 32.0 Å². The van der Waals surface area contributed by atoms with Gasteiger partial charge >= 0.3 is 0 Å². The molecule has 0 aliphatic heterocycles. The first-order valence-corrected chi connectivity index (χ1v) is 6.23. The van der Waals surface area contributed by atoms with Crippen molar-refractivity contribution in [3.8, 4) is 0 Å². The quantitative estimate of drug-likeness (QED) is 0.677. The van der Waals surface area contributed by atoms with Crippen LogP contribution in [0.25, 0.3) is 0 Å². The molecule has 2 aliphatic carbocycles. The van der Waals surface area contributed by atoms with Crippen LogP contribution in [0.1, 0.15) is 67.1 Å². The second-order valence-corrected chi connectivity index (χ2v) is 5.30. The Bertz CT molecular complexity index is 347. The van der Waals surface area contributed by atoms with Crippen LogP contribution in [0.4, 0.5) is 0 Å². The first-order valence-electron chi connectivity index (χ1n) is 6.23. The van der Waals surface area contributed by atoms with Gasteiger partial charge in [0.2, 0.25) is 0 Å². The maximum absolute atomic E-state index is 4.20. The van der Waals surface area contributed by atoms with Crippen molar-refractivity contribution in [2.75, 3.05) is 0 Å². The smallest absolute Gasteiger partial charge is 0.0156 e. The van der Waals surface area contributed by atoms with Crippen molar-refractivity contribution in [1.82, 2.24) is 0 Å². The Morgan fingerprint density at radius 3 is 2.33 bits per heavy atom. The van der Waals surface area contributed by atoms with E-state index >= 15 is 0 Å². The van der Waals surface area contributed by atoms with Gasteiger partial charge in [0.1, 0.15) is 0 Å². The molecule has 1 unspecified atom stereocenters. The summed E-state index contributed by atoms with van der Waals surface area (Å²) >= 11 is 0. The van der Waals surface area contributed by atoms with E-state index in [-0.39, 0.29) is 0 Å². The zero-order valence-corrected chi connectivity index (χ0v) is 9.50. The van der Waals surface area contributed by atoms with E-state index in [9.17, 15) is 0 Å². The van der Waals surface area contributed by atoms with Crippen molar-refractivity contribution in [2.24, 2.45) is 0 Å². The maximum atomic E-state index is 4.20. The van der Waals surface area contributed by atoms with Crippen LogP contribution in [0.5, 0.6) is 0 Å². The number of benzene rings is 1. The summed E-state index contributed by atoms with van der Waals surface area (Å²) in [5.74, 6) is 2.21. The second kappa shape index (κ2) is 3.37. The highest BCUT2D eigenvalue weighted by Gasteiger charge is 2.34. The Balaban J connectivity index is 2.08. The van der Waals surface area contributed by atoms with E-state index in [1.807, 2.05) is 0 Å². The summed E-state index contributed by atoms with van der Waals surface area (Å²) in [5, 5.41) is 0. The SMILES string of the molecule is [CH2]C(C)c1cccc(C2CC2)c1C1CC1. The summed E-state index contributed by atoms with van der Waals surface area (Å²) in [4.78, 5) is 0. The Kier molecular flexibility index (Phi) is 2.12. The molecule has 0 nitrogen and oxygen atoms in total. The molecule has 0 N–H and O–H groups in total. The Morgan fingerprint density at radius 2 is 1.80 bits per heavy atom. The molecule has 0 bridgehead atoms. The van der Waals surface area contributed by atoms with Gasteiger partial charge in [0.05, 0.1) is 0 Å². The number of hydrogen-bond acceptors (Lipinski definition) is 0. The fourth-order valence-corrected chi connectivity index (χ4v) is 2.63. The summed E-state index contributed by atoms with van der Waals surface area (Å²) in [7, 11) is 0. The minimum atomic E-state index is 0.444. The molecule has 15 heavy (non-hydrogen) atoms. The van der Waals surface area contributed by atoms with E-state index in [4.69, 9.17) is 0 Å². The fraction of sp³-hybridized carbons (Fsp3) is 0.533. The maximum Gasteiger partial charge on any atom is -0.0156 e. The molecular weight excluding hydrogens is 180 g/mol. The standard InChI is InChI=1S/C15H19/c1-10(2)13-4-3-5-14(11-6-7-11)15(13)12-8-9-12/h3-5,10-12H,1,6-9H2,2H3. The van der Waals surface area contributed by atoms with Gasteiger partial charge in [-0.05, 0) is 67.1 Å². The van der Waals surface area contributed by atoms with Crippen molar-refractivity contribution in [1.29, 1.82) is 0 Å². The minimum Gasteiger partial charge on any atom is -0.0617 e. The van der Waals surface area contributed by atoms with E-state index in [1.54, 1.807) is 11.1 Å². The van der Waals surface area contributed by atoms with Crippen molar-refractivity contribution in [2.45, 2.75) is 50.4 Å². The van der Waals surface area contributed by atoms with Crippen LogP contribution in [-0.2, 0) is 0 Å². The first-order chi connectivity index (χ1) is 7.27. The van der Waals surface area contributed by atoms with Gasteiger partial charge in [-0.15, -0.1) is 0 Å². The molecule has 0 heterocycles. The van der Waals surface area contributed by atoms with Gasteiger partial charge in [0.15, 0.2) is 0 Å². The highest BCUT2D eigenvalue weighted by Crippen LogP contribution is 2.51. The monoisotopic (exact) mass is 199 g/mol. The third-order valence-corrected chi connectivity index (χ3v) is 3.71. The van der Waals surface area contributed by atoms with Crippen LogP contribution in [0.2, 0.25) is 0 Å². The second-order valence-electron chi connectivity index (χ2n) is 5.30. The average molecular weight is 199 g/mol. The molecule has 1 aromatic carbocycles. The summed E-state index contributed by atoms with van der Waals surface area (Å²) in [6, 6.07) is 6.88. The van der Waals surface area contributed by atoms with Gasteiger partial charge in [0.25, 0.3) is 0 Å². The molecule has 0 amide bonds. The molecule has 2 saturated carbocycles. The molecule has 1 atom stereocenters. The van der Waals surface area contributed by atoms with Crippen molar-refractivity contribution in [3.63, 3.8) is 0 Å². The fourth-order valence-electron chi connectivity index (χ4n) is 2.63. The zero-order valence-electron chi connectivity index (χ0n) is 9.50. The van der Waals surface area contributed by atoms with Crippen LogP contribution < -0.4 is 0 Å². The van der Waals surface area contributed by atoms with E-state index < -0.39 is 0 Å². The summed E-state index contributed by atoms with van der Waals surface area (Å²) in [6.07, 6.45) is 5.64. The van der Waals surface area contributed by atoms with Crippen LogP contribution in [0, 0.1) is 6.92 Å². The molecule has 0 heteroatoms. The summed E-state index contributed by atoms with van der Waals surface area (Å²) < 4.78 is 0. The predicted molar refractivity (Wildman–Crippen MR) is 64.2 cm³/mol. The number of hydrogen-bond donors (Lipinski definition) is 0. The molecule has 1 aromatic rings. The largest absolute Gasteiger partial charge is 0.0617 e. The van der Waals surface area contributed by atoms with Crippen molar-refractivity contribution < 1.29 is 0 Å². The molecule has 2 fully saturated rings. The molecular formula is C15H19. The molecule has 0 aromatic heterocycles. The van der Waals surface area contributed by atoms with Crippen LogP contribution in [0.3, 0.4) is 0 Å². The highest BCUT2D eigenvalue weighted by molar-refractivity contribution is 5.45. The third kappa shape index (κ3) is 1.71. The Morgan fingerprint density at radius 1 is 1.13 bits per heavy atom. The van der Waals surface area contributed by atoms with E-state index in [0.717, 1.165) is 11.8 Å². The third-order valence-electron chi connectivity index (χ3n) is 3.71. The minimum absolute atomic E-state index is 0.444. The summed E-state index contributed by atoms with van der Waals surface area (Å²) in [5.41, 5.74) is 4.86. The van der Waals surface area contributed by atoms with Gasteiger partial charge in [-0.2, -0.15) is 0 Å². The van der Waals surface area contributed by atoms with E-state index in [1.165, 1.54) is 31.2 Å². The molecule has 0 spiro atoms. The molecule has 3 rings (SSSR count). The van der Waals surface area contributed by atoms with Crippen molar-refractivity contribution >= 4 is 0 Å². The van der Waals surface area contributed by atoms with Gasteiger partial charge < -0.3 is 0 Å². The van der Waals surface area contributed by atoms with Gasteiger partial charge in [-0.25, -0.2) is 0 Å². The lowest BCUT2D eigenvalue weighted by Gasteiger charge is -2.16. The molecule has 79 valence electrons. The molecule has 1 radical (unpaired) electrons. The Hall–Kier alpha value is -0.780. The predicted octanol–water partition coefficient (Wildman–Crippen LogP) is 4.38. The van der Waals surface area contributed by atoms with Gasteiger partial charge in [-0.1, -0.05) is 25.1 Å². The first kappa shape index (κ1) is 9.45. The lowest BCUT2D eigenvalue weighted by atomic mass is 9.89. The van der Waals surface area contributed by atoms with Crippen LogP contribution in [0.15, 0.2) is 18.2 Å². The van der Waals surface area contributed by atoms with E-state index in [0.29, 0.717) is 5.92 Å². The lowest BCUT2D eigenvalue weighted by Crippen LogP contribution is -1.99. The van der Waals surface area contributed by atoms with Crippen LogP contribution >= 0.6 is 0 Å². The molecule has 2 aliphatic rings. The summed E-state index contributed by atoms with van der Waals surface area (Å²) in [6.45, 7) is 6.42. The van der Waals surface area contributed by atoms with Gasteiger partial charge in [-0.3, -0.25) is 0 Å². The highest BCUT2D eigenvalue weighted by atomic mass is 14.4. The lowest BCUT2D eigenvalue weighted by molar-refractivity contribution is 0.898. The molecule has 0 saturated heterocycles. The zero-order chi connectivity index (χ0) is 10.4. The van der Waals surface area contributed by atoms with Crippen LogP contribution in [-0.4, -0.2) is 0 Å². The number of rotatable bonds is 3. The normalized spacial score (nSPS) is 21.0. The average Bonchev–Trinajstić information content (AvgIpc) is 3.08.